The summed E-state index contributed by atoms with van der Waals surface area (Å²) in [4.78, 5) is 33.8. The molecule has 1 amide bonds. The number of ether oxygens (including phenoxy) is 1. The first-order valence-corrected chi connectivity index (χ1v) is 10.1. The molecule has 1 aliphatic carbocycles. The van der Waals surface area contributed by atoms with E-state index in [1.807, 2.05) is 17.0 Å². The third kappa shape index (κ3) is 3.19. The average molecular weight is 371 g/mol. The predicted molar refractivity (Wildman–Crippen MR) is 103 cm³/mol. The van der Waals surface area contributed by atoms with Gasteiger partial charge in [-0.2, -0.15) is 0 Å². The van der Waals surface area contributed by atoms with E-state index in [9.17, 15) is 9.59 Å². The summed E-state index contributed by atoms with van der Waals surface area (Å²) in [6.07, 6.45) is 6.88. The van der Waals surface area contributed by atoms with Crippen LogP contribution >= 0.6 is 0 Å². The zero-order chi connectivity index (χ0) is 19.0. The maximum atomic E-state index is 12.7. The van der Waals surface area contributed by atoms with Gasteiger partial charge in [-0.1, -0.05) is 13.3 Å². The van der Waals surface area contributed by atoms with Crippen molar-refractivity contribution in [3.63, 3.8) is 0 Å². The van der Waals surface area contributed by atoms with Crippen LogP contribution in [0.3, 0.4) is 0 Å². The van der Waals surface area contributed by atoms with Crippen molar-refractivity contribution in [3.8, 4) is 0 Å². The van der Waals surface area contributed by atoms with Crippen molar-refractivity contribution < 1.29 is 14.3 Å². The number of likely N-dealkylation sites (tertiary alicyclic amines) is 1. The number of hydrogen-bond acceptors (Lipinski definition) is 5. The Morgan fingerprint density at radius 3 is 2.67 bits per heavy atom. The third-order valence-corrected chi connectivity index (χ3v) is 6.85. The van der Waals surface area contributed by atoms with E-state index in [-0.39, 0.29) is 17.3 Å². The van der Waals surface area contributed by atoms with E-state index in [2.05, 4.69) is 16.8 Å². The van der Waals surface area contributed by atoms with Crippen LogP contribution in [0.15, 0.2) is 18.3 Å². The normalized spacial score (nSPS) is 28.3. The Bertz CT molecular complexity index is 712. The van der Waals surface area contributed by atoms with Crippen LogP contribution in [0.2, 0.25) is 0 Å². The molecule has 6 heteroatoms. The highest BCUT2D eigenvalue weighted by atomic mass is 16.5. The number of carbonyl (C=O) groups is 2. The lowest BCUT2D eigenvalue weighted by Gasteiger charge is -2.30. The van der Waals surface area contributed by atoms with Crippen LogP contribution in [0.25, 0.3) is 0 Å². The summed E-state index contributed by atoms with van der Waals surface area (Å²) in [6, 6.07) is 3.80. The number of pyridine rings is 1. The molecule has 1 aromatic heterocycles. The van der Waals surface area contributed by atoms with Crippen LogP contribution in [0.5, 0.6) is 0 Å². The molecular formula is C21H29N3O3. The van der Waals surface area contributed by atoms with Gasteiger partial charge in [-0.25, -0.2) is 4.98 Å². The molecule has 4 rings (SSSR count). The Kier molecular flexibility index (Phi) is 4.82. The standard InChI is InChI=1S/C21H29N3O3/c1-15-7-10-23(11-8-15)19(25)16-5-6-18(22-12-16)24-13-17-4-3-9-21(17,14-24)20(26)27-2/h5-6,12,15,17H,3-4,7-11,13-14H2,1-2H3. The first-order chi connectivity index (χ1) is 13.0. The molecule has 6 nitrogen and oxygen atoms in total. The molecule has 3 aliphatic rings. The Morgan fingerprint density at radius 1 is 1.22 bits per heavy atom. The van der Waals surface area contributed by atoms with Crippen LogP contribution in [-0.4, -0.2) is 55.0 Å². The summed E-state index contributed by atoms with van der Waals surface area (Å²) in [5.74, 6) is 1.87. The number of carbonyl (C=O) groups excluding carboxylic acids is 2. The molecular weight excluding hydrogens is 342 g/mol. The molecule has 2 unspecified atom stereocenters. The minimum atomic E-state index is -0.380. The summed E-state index contributed by atoms with van der Waals surface area (Å²) in [6.45, 7) is 5.40. The van der Waals surface area contributed by atoms with Crippen LogP contribution in [0.4, 0.5) is 5.82 Å². The van der Waals surface area contributed by atoms with Gasteiger partial charge in [0.15, 0.2) is 0 Å². The Balaban J connectivity index is 1.45. The third-order valence-electron chi connectivity index (χ3n) is 6.85. The highest BCUT2D eigenvalue weighted by molar-refractivity contribution is 5.94. The highest BCUT2D eigenvalue weighted by Gasteiger charge is 2.55. The van der Waals surface area contributed by atoms with Crippen LogP contribution in [-0.2, 0) is 9.53 Å². The van der Waals surface area contributed by atoms with E-state index in [0.29, 0.717) is 23.9 Å². The molecule has 0 N–H and O–H groups in total. The van der Waals surface area contributed by atoms with E-state index in [1.165, 1.54) is 7.11 Å². The summed E-state index contributed by atoms with van der Waals surface area (Å²) in [5, 5.41) is 0. The smallest absolute Gasteiger partial charge is 0.313 e. The molecule has 1 saturated carbocycles. The van der Waals surface area contributed by atoms with Gasteiger partial charge in [0.25, 0.3) is 5.91 Å². The molecule has 3 heterocycles. The minimum absolute atomic E-state index is 0.0743. The molecule has 1 aromatic rings. The van der Waals surface area contributed by atoms with Crippen LogP contribution in [0.1, 0.15) is 49.4 Å². The number of nitrogens with zero attached hydrogens (tertiary/aromatic N) is 3. The summed E-state index contributed by atoms with van der Waals surface area (Å²) in [7, 11) is 1.48. The van der Waals surface area contributed by atoms with E-state index < -0.39 is 0 Å². The summed E-state index contributed by atoms with van der Waals surface area (Å²) < 4.78 is 5.11. The van der Waals surface area contributed by atoms with E-state index in [0.717, 1.165) is 57.6 Å². The molecule has 0 radical (unpaired) electrons. The SMILES string of the molecule is COC(=O)C12CCCC1CN(c1ccc(C(=O)N3CCC(C)CC3)cn1)C2. The predicted octanol–water partition coefficient (Wildman–Crippen LogP) is 2.73. The Hall–Kier alpha value is -2.11. The molecule has 2 saturated heterocycles. The average Bonchev–Trinajstić information content (AvgIpc) is 3.26. The van der Waals surface area contributed by atoms with Crippen molar-refractivity contribution in [1.29, 1.82) is 0 Å². The molecule has 27 heavy (non-hydrogen) atoms. The number of fused-ring (bicyclic) bond motifs is 1. The lowest BCUT2D eigenvalue weighted by atomic mass is 9.81. The zero-order valence-corrected chi connectivity index (χ0v) is 16.3. The largest absolute Gasteiger partial charge is 0.469 e. The van der Waals surface area contributed by atoms with E-state index >= 15 is 0 Å². The second-order valence-corrected chi connectivity index (χ2v) is 8.50. The van der Waals surface area contributed by atoms with Gasteiger partial charge < -0.3 is 14.5 Å². The van der Waals surface area contributed by atoms with Gasteiger partial charge in [-0.05, 0) is 49.7 Å². The highest BCUT2D eigenvalue weighted by Crippen LogP contribution is 2.50. The first-order valence-electron chi connectivity index (χ1n) is 10.1. The first kappa shape index (κ1) is 18.3. The van der Waals surface area contributed by atoms with Crippen molar-refractivity contribution in [2.24, 2.45) is 17.3 Å². The monoisotopic (exact) mass is 371 g/mol. The fourth-order valence-corrected chi connectivity index (χ4v) is 5.09. The molecule has 2 atom stereocenters. The van der Waals surface area contributed by atoms with Crippen molar-refractivity contribution >= 4 is 17.7 Å². The van der Waals surface area contributed by atoms with Gasteiger partial charge in [-0.15, -0.1) is 0 Å². The van der Waals surface area contributed by atoms with Crippen LogP contribution in [0, 0.1) is 17.3 Å². The second kappa shape index (κ2) is 7.13. The van der Waals surface area contributed by atoms with E-state index in [1.54, 1.807) is 6.20 Å². The summed E-state index contributed by atoms with van der Waals surface area (Å²) in [5.41, 5.74) is 0.269. The Morgan fingerprint density at radius 2 is 2.00 bits per heavy atom. The molecule has 0 aromatic carbocycles. The van der Waals surface area contributed by atoms with Gasteiger partial charge in [0.05, 0.1) is 18.1 Å². The number of hydrogen-bond donors (Lipinski definition) is 0. The van der Waals surface area contributed by atoms with Gasteiger partial charge in [-0.3, -0.25) is 9.59 Å². The van der Waals surface area contributed by atoms with Gasteiger partial charge in [0.2, 0.25) is 0 Å². The van der Waals surface area contributed by atoms with Crippen molar-refractivity contribution in [3.05, 3.63) is 23.9 Å². The number of amides is 1. The fraction of sp³-hybridized carbons (Fsp3) is 0.667. The van der Waals surface area contributed by atoms with E-state index in [4.69, 9.17) is 4.74 Å². The topological polar surface area (TPSA) is 62.7 Å². The zero-order valence-electron chi connectivity index (χ0n) is 16.3. The number of esters is 1. The van der Waals surface area contributed by atoms with Gasteiger partial charge in [0, 0.05) is 32.4 Å². The van der Waals surface area contributed by atoms with Gasteiger partial charge >= 0.3 is 5.97 Å². The number of rotatable bonds is 3. The maximum absolute atomic E-state index is 12.7. The molecule has 2 aliphatic heterocycles. The van der Waals surface area contributed by atoms with Crippen LogP contribution < -0.4 is 4.90 Å². The lowest BCUT2D eigenvalue weighted by molar-refractivity contribution is -0.152. The lowest BCUT2D eigenvalue weighted by Crippen LogP contribution is -2.38. The minimum Gasteiger partial charge on any atom is -0.469 e. The fourth-order valence-electron chi connectivity index (χ4n) is 5.09. The van der Waals surface area contributed by atoms with Gasteiger partial charge in [0.1, 0.15) is 5.82 Å². The van der Waals surface area contributed by atoms with Crippen molar-refractivity contribution in [1.82, 2.24) is 9.88 Å². The second-order valence-electron chi connectivity index (χ2n) is 8.50. The number of aromatic nitrogens is 1. The Labute approximate surface area is 160 Å². The molecule has 0 bridgehead atoms. The number of anilines is 1. The quantitative estimate of drug-likeness (QED) is 0.765. The maximum Gasteiger partial charge on any atom is 0.313 e. The van der Waals surface area contributed by atoms with Crippen molar-refractivity contribution in [2.75, 3.05) is 38.2 Å². The molecule has 146 valence electrons. The van der Waals surface area contributed by atoms with Crippen molar-refractivity contribution in [2.45, 2.75) is 39.0 Å². The number of methoxy groups -OCH3 is 1. The number of piperidine rings is 1. The summed E-state index contributed by atoms with van der Waals surface area (Å²) >= 11 is 0. The molecule has 3 fully saturated rings. The molecule has 0 spiro atoms.